The van der Waals surface area contributed by atoms with Crippen molar-refractivity contribution in [1.29, 1.82) is 0 Å². The van der Waals surface area contributed by atoms with Gasteiger partial charge in [-0.2, -0.15) is 0 Å². The molecule has 0 bridgehead atoms. The summed E-state index contributed by atoms with van der Waals surface area (Å²) < 4.78 is 1.27. The fourth-order valence-corrected chi connectivity index (χ4v) is 6.28. The van der Waals surface area contributed by atoms with Crippen LogP contribution in [0.3, 0.4) is 0 Å². The van der Waals surface area contributed by atoms with Crippen molar-refractivity contribution in [2.75, 3.05) is 0 Å². The molecule has 251 valence electrons. The molecule has 0 aliphatic carbocycles. The van der Waals surface area contributed by atoms with Crippen LogP contribution < -0.4 is 0 Å². The Morgan fingerprint density at radius 2 is 1.47 bits per heavy atom. The van der Waals surface area contributed by atoms with E-state index in [0.29, 0.717) is 0 Å². The average Bonchev–Trinajstić information content (AvgIpc) is 3.55. The van der Waals surface area contributed by atoms with Crippen LogP contribution in [0.5, 0.6) is 0 Å². The summed E-state index contributed by atoms with van der Waals surface area (Å²) >= 11 is 1.75. The number of aliphatic hydroxyl groups is 1. The van der Waals surface area contributed by atoms with Crippen molar-refractivity contribution < 1.29 is 30.0 Å². The fraction of sp³-hybridized carbons (Fsp3) is 0.390. The number of aromatic nitrogens is 2. The minimum atomic E-state index is -0.337. The van der Waals surface area contributed by atoms with Gasteiger partial charge in [-0.25, -0.2) is 4.98 Å². The zero-order valence-corrected chi connectivity index (χ0v) is 32.5. The molecule has 0 fully saturated rings. The number of hydrogen-bond donors (Lipinski definition) is 1. The number of rotatable bonds is 9. The third kappa shape index (κ3) is 8.65. The van der Waals surface area contributed by atoms with E-state index in [1.54, 1.807) is 17.7 Å². The molecule has 0 atom stereocenters. The molecule has 0 spiro atoms. The zero-order chi connectivity index (χ0) is 33.7. The average molecular weight is 826 g/mol. The topological polar surface area (TPSA) is 63.1 Å². The van der Waals surface area contributed by atoms with Gasteiger partial charge in [0.1, 0.15) is 12.1 Å². The number of thiophene rings is 1. The Kier molecular flexibility index (Phi) is 12.9. The standard InChI is InChI=1S/C26H21N2S.C15H28O2.Ir/c1-26(2,3)22-13-20(12-18-6-4-5-7-21(18)22)24-15-23(27-16-28-24)19-9-8-17-10-11-29-25(17)14-19;1-7-14(5,8-2)12(16)11-13(17)15(6,9-3)10-4;/h4-11,13-16H,1-3H3;11,16H,7-10H2,1-6H3;/q-1;;/b;12-11-;. The molecule has 1 N–H and O–H groups in total. The number of fused-ring (bicyclic) bond motifs is 2. The Morgan fingerprint density at radius 3 is 2.11 bits per heavy atom. The number of allylic oxidation sites excluding steroid dienone is 2. The van der Waals surface area contributed by atoms with Crippen LogP contribution in [0.2, 0.25) is 0 Å². The van der Waals surface area contributed by atoms with Crippen LogP contribution in [0.1, 0.15) is 93.6 Å². The third-order valence-electron chi connectivity index (χ3n) is 9.88. The summed E-state index contributed by atoms with van der Waals surface area (Å²) in [5.41, 5.74) is 4.69. The van der Waals surface area contributed by atoms with E-state index in [1.807, 2.05) is 41.5 Å². The second-order valence-electron chi connectivity index (χ2n) is 13.8. The van der Waals surface area contributed by atoms with Crippen molar-refractivity contribution in [1.82, 2.24) is 9.97 Å². The minimum Gasteiger partial charge on any atom is -0.512 e. The molecular weight excluding hydrogens is 777 g/mol. The van der Waals surface area contributed by atoms with Crippen molar-refractivity contribution >= 4 is 38.0 Å². The molecule has 0 saturated heterocycles. The summed E-state index contributed by atoms with van der Waals surface area (Å²) in [4.78, 5) is 21.3. The second-order valence-corrected chi connectivity index (χ2v) is 14.7. The molecule has 47 heavy (non-hydrogen) atoms. The Balaban J connectivity index is 0.000000290. The third-order valence-corrected chi connectivity index (χ3v) is 10.8. The molecule has 0 saturated carbocycles. The number of carbonyl (C=O) groups is 1. The monoisotopic (exact) mass is 826 g/mol. The van der Waals surface area contributed by atoms with Gasteiger partial charge in [-0.1, -0.05) is 104 Å². The number of hydrogen-bond acceptors (Lipinski definition) is 5. The van der Waals surface area contributed by atoms with Crippen LogP contribution in [0, 0.1) is 16.9 Å². The van der Waals surface area contributed by atoms with E-state index in [0.717, 1.165) is 53.6 Å². The minimum absolute atomic E-state index is 0. The Labute approximate surface area is 299 Å². The first-order valence-electron chi connectivity index (χ1n) is 16.5. The van der Waals surface area contributed by atoms with E-state index < -0.39 is 0 Å². The first-order chi connectivity index (χ1) is 21.8. The quantitative estimate of drug-likeness (QED) is 0.0913. The van der Waals surface area contributed by atoms with Crippen LogP contribution >= 0.6 is 11.3 Å². The Bertz CT molecular complexity index is 1840. The molecule has 0 aliphatic heterocycles. The molecule has 5 aromatic rings. The van der Waals surface area contributed by atoms with Gasteiger partial charge in [-0.15, -0.1) is 40.5 Å². The summed E-state index contributed by atoms with van der Waals surface area (Å²) in [5.74, 6) is 0.286. The van der Waals surface area contributed by atoms with Gasteiger partial charge in [0.15, 0.2) is 5.78 Å². The van der Waals surface area contributed by atoms with Gasteiger partial charge in [0, 0.05) is 53.0 Å². The molecule has 1 radical (unpaired) electrons. The van der Waals surface area contributed by atoms with E-state index >= 15 is 0 Å². The van der Waals surface area contributed by atoms with Crippen LogP contribution in [0.25, 0.3) is 43.4 Å². The van der Waals surface area contributed by atoms with Crippen molar-refractivity contribution in [3.63, 3.8) is 0 Å². The van der Waals surface area contributed by atoms with E-state index in [4.69, 9.17) is 0 Å². The molecule has 0 amide bonds. The van der Waals surface area contributed by atoms with E-state index in [9.17, 15) is 9.90 Å². The largest absolute Gasteiger partial charge is 0.512 e. The van der Waals surface area contributed by atoms with Crippen LogP contribution in [0.15, 0.2) is 84.2 Å². The maximum atomic E-state index is 12.2. The predicted octanol–water partition coefficient (Wildman–Crippen LogP) is 11.9. The molecule has 2 heterocycles. The fourth-order valence-electron chi connectivity index (χ4n) is 5.45. The van der Waals surface area contributed by atoms with Gasteiger partial charge < -0.3 is 5.11 Å². The predicted molar refractivity (Wildman–Crippen MR) is 196 cm³/mol. The molecule has 2 aromatic heterocycles. The molecule has 6 heteroatoms. The summed E-state index contributed by atoms with van der Waals surface area (Å²) in [6.45, 7) is 18.8. The Hall–Kier alpha value is -3.18. The van der Waals surface area contributed by atoms with Gasteiger partial charge in [-0.3, -0.25) is 9.78 Å². The normalized spacial score (nSPS) is 12.4. The van der Waals surface area contributed by atoms with Gasteiger partial charge in [-0.05, 0) is 60.1 Å². The molecular formula is C41H49IrN2O2S-. The zero-order valence-electron chi connectivity index (χ0n) is 29.3. The molecule has 3 aromatic carbocycles. The van der Waals surface area contributed by atoms with E-state index in [2.05, 4.69) is 103 Å². The van der Waals surface area contributed by atoms with Gasteiger partial charge in [0.05, 0.1) is 5.69 Å². The molecule has 5 rings (SSSR count). The van der Waals surface area contributed by atoms with Crippen molar-refractivity contribution in [2.24, 2.45) is 10.8 Å². The molecule has 0 unspecified atom stereocenters. The number of nitrogens with zero attached hydrogens (tertiary/aromatic N) is 2. The van der Waals surface area contributed by atoms with Crippen LogP contribution in [-0.4, -0.2) is 20.9 Å². The van der Waals surface area contributed by atoms with Crippen molar-refractivity contribution in [3.8, 4) is 22.5 Å². The maximum Gasteiger partial charge on any atom is 0.164 e. The maximum absolute atomic E-state index is 12.2. The van der Waals surface area contributed by atoms with Crippen molar-refractivity contribution in [3.05, 3.63) is 95.8 Å². The van der Waals surface area contributed by atoms with Gasteiger partial charge in [0.2, 0.25) is 0 Å². The van der Waals surface area contributed by atoms with E-state index in [1.165, 1.54) is 27.1 Å². The smallest absolute Gasteiger partial charge is 0.164 e. The SMILES string of the molecule is CC(C)(C)c1cc(-c2cc(-c3ccc4ccsc4c3)ncn2)[c-]c2ccccc12.CCC(C)(CC)C(=O)/C=C(\O)C(C)(CC)CC.[Ir]. The number of ketones is 1. The summed E-state index contributed by atoms with van der Waals surface area (Å²) in [6, 6.07) is 25.0. The number of carbonyl (C=O) groups excluding carboxylic acids is 1. The van der Waals surface area contributed by atoms with Crippen LogP contribution in [-0.2, 0) is 30.3 Å². The van der Waals surface area contributed by atoms with Gasteiger partial charge >= 0.3 is 0 Å². The van der Waals surface area contributed by atoms with Crippen LogP contribution in [0.4, 0.5) is 0 Å². The second kappa shape index (κ2) is 15.8. The molecule has 0 aliphatic rings. The number of aliphatic hydroxyl groups excluding tert-OH is 1. The summed E-state index contributed by atoms with van der Waals surface area (Å²) in [6.07, 6.45) is 6.41. The number of benzene rings is 3. The van der Waals surface area contributed by atoms with Crippen molar-refractivity contribution in [2.45, 2.75) is 93.4 Å². The van der Waals surface area contributed by atoms with Gasteiger partial charge in [0.25, 0.3) is 0 Å². The first-order valence-corrected chi connectivity index (χ1v) is 17.4. The Morgan fingerprint density at radius 1 is 0.830 bits per heavy atom. The molecule has 4 nitrogen and oxygen atoms in total. The first kappa shape index (κ1) is 38.3. The summed E-state index contributed by atoms with van der Waals surface area (Å²) in [5, 5.41) is 15.9. The van der Waals surface area contributed by atoms with E-state index in [-0.39, 0.29) is 47.9 Å². The summed E-state index contributed by atoms with van der Waals surface area (Å²) in [7, 11) is 0.